The second-order valence-electron chi connectivity index (χ2n) is 5.49. The molecule has 0 aromatic carbocycles. The third-order valence-corrected chi connectivity index (χ3v) is 3.81. The van der Waals surface area contributed by atoms with E-state index in [1.165, 1.54) is 0 Å². The number of carbonyl (C=O) groups is 2. The maximum atomic E-state index is 11.9. The van der Waals surface area contributed by atoms with E-state index in [1.54, 1.807) is 25.7 Å². The Labute approximate surface area is 117 Å². The van der Waals surface area contributed by atoms with Gasteiger partial charge in [-0.05, 0) is 45.4 Å². The number of nitriles is 1. The number of primary amides is 1. The predicted molar refractivity (Wildman–Crippen MR) is 72.6 cm³/mol. The third-order valence-electron chi connectivity index (χ3n) is 2.72. The van der Waals surface area contributed by atoms with Gasteiger partial charge < -0.3 is 15.4 Å². The number of hydrogen-bond acceptors (Lipinski definition) is 5. The molecule has 106 valence electrons. The van der Waals surface area contributed by atoms with E-state index in [0.29, 0.717) is 25.9 Å². The molecule has 6 nitrogen and oxygen atoms in total. The van der Waals surface area contributed by atoms with Crippen LogP contribution in [0, 0.1) is 11.3 Å². The molecular formula is C12H19N3O3S. The highest BCUT2D eigenvalue weighted by molar-refractivity contribution is 8.14. The quantitative estimate of drug-likeness (QED) is 0.795. The Morgan fingerprint density at radius 3 is 2.26 bits per heavy atom. The minimum absolute atomic E-state index is 0.386. The minimum atomic E-state index is -0.815. The van der Waals surface area contributed by atoms with Gasteiger partial charge in [-0.1, -0.05) is 0 Å². The molecule has 19 heavy (non-hydrogen) atoms. The minimum Gasteiger partial charge on any atom is -0.444 e. The van der Waals surface area contributed by atoms with Gasteiger partial charge in [-0.3, -0.25) is 4.79 Å². The maximum absolute atomic E-state index is 11.9. The molecule has 0 saturated carbocycles. The van der Waals surface area contributed by atoms with Crippen molar-refractivity contribution in [3.63, 3.8) is 0 Å². The molecule has 0 bridgehead atoms. The number of rotatable bonds is 1. The molecule has 0 atom stereocenters. The Morgan fingerprint density at radius 1 is 1.37 bits per heavy atom. The van der Waals surface area contributed by atoms with E-state index in [2.05, 4.69) is 6.07 Å². The molecule has 1 heterocycles. The number of carbonyl (C=O) groups excluding carboxylic acids is 2. The van der Waals surface area contributed by atoms with Gasteiger partial charge in [-0.25, -0.2) is 4.79 Å². The Morgan fingerprint density at radius 2 is 1.89 bits per heavy atom. The smallest absolute Gasteiger partial charge is 0.410 e. The number of hydrogen-bond donors (Lipinski definition) is 1. The molecule has 0 aromatic rings. The number of amides is 2. The van der Waals surface area contributed by atoms with Crippen LogP contribution in [-0.4, -0.2) is 39.7 Å². The van der Waals surface area contributed by atoms with Gasteiger partial charge >= 0.3 is 6.09 Å². The summed E-state index contributed by atoms with van der Waals surface area (Å²) >= 11 is 0.849. The fourth-order valence-electron chi connectivity index (χ4n) is 1.81. The highest BCUT2D eigenvalue weighted by Crippen LogP contribution is 2.35. The standard InChI is InChI=1S/C12H19N3O3S/c1-11(2,3)18-10(17)15-6-4-12(8-13,5-7-15)19-9(14)16/h4-7H2,1-3H3,(H2,14,16). The first-order chi connectivity index (χ1) is 8.67. The van der Waals surface area contributed by atoms with Crippen molar-refractivity contribution < 1.29 is 14.3 Å². The summed E-state index contributed by atoms with van der Waals surface area (Å²) in [6.07, 6.45) is 0.440. The zero-order valence-electron chi connectivity index (χ0n) is 11.4. The maximum Gasteiger partial charge on any atom is 0.410 e. The molecule has 1 rings (SSSR count). The van der Waals surface area contributed by atoms with Crippen molar-refractivity contribution in [1.82, 2.24) is 4.90 Å². The van der Waals surface area contributed by atoms with Gasteiger partial charge in [0.2, 0.25) is 0 Å². The van der Waals surface area contributed by atoms with Crippen molar-refractivity contribution in [2.75, 3.05) is 13.1 Å². The van der Waals surface area contributed by atoms with E-state index in [9.17, 15) is 14.9 Å². The highest BCUT2D eigenvalue weighted by atomic mass is 32.2. The third kappa shape index (κ3) is 4.63. The molecule has 0 spiro atoms. The van der Waals surface area contributed by atoms with Crippen molar-refractivity contribution in [2.24, 2.45) is 5.73 Å². The second kappa shape index (κ2) is 5.70. The summed E-state index contributed by atoms with van der Waals surface area (Å²) in [5.74, 6) is 0. The summed E-state index contributed by atoms with van der Waals surface area (Å²) in [7, 11) is 0. The largest absolute Gasteiger partial charge is 0.444 e. The van der Waals surface area contributed by atoms with E-state index in [-0.39, 0.29) is 6.09 Å². The number of ether oxygens (including phenoxy) is 1. The summed E-state index contributed by atoms with van der Waals surface area (Å²) < 4.78 is 4.45. The van der Waals surface area contributed by atoms with Gasteiger partial charge in [0, 0.05) is 13.1 Å². The summed E-state index contributed by atoms with van der Waals surface area (Å²) in [6, 6.07) is 2.14. The molecule has 1 saturated heterocycles. The molecule has 0 aliphatic carbocycles. The molecule has 0 radical (unpaired) electrons. The molecule has 0 unspecified atom stereocenters. The van der Waals surface area contributed by atoms with Crippen LogP contribution in [0.4, 0.5) is 9.59 Å². The van der Waals surface area contributed by atoms with Crippen LogP contribution in [0.2, 0.25) is 0 Å². The van der Waals surface area contributed by atoms with Crippen molar-refractivity contribution >= 4 is 23.1 Å². The van der Waals surface area contributed by atoms with Gasteiger partial charge in [-0.2, -0.15) is 5.26 Å². The van der Waals surface area contributed by atoms with Gasteiger partial charge in [0.05, 0.1) is 6.07 Å². The van der Waals surface area contributed by atoms with Gasteiger partial charge in [0.1, 0.15) is 10.3 Å². The first kappa shape index (κ1) is 15.6. The van der Waals surface area contributed by atoms with Crippen LogP contribution < -0.4 is 5.73 Å². The molecule has 7 heteroatoms. The Bertz CT molecular complexity index is 403. The second-order valence-corrected chi connectivity index (χ2v) is 6.88. The highest BCUT2D eigenvalue weighted by Gasteiger charge is 2.39. The molecule has 0 aromatic heterocycles. The monoisotopic (exact) mass is 285 g/mol. The van der Waals surface area contributed by atoms with Crippen LogP contribution in [0.15, 0.2) is 0 Å². The zero-order valence-corrected chi connectivity index (χ0v) is 12.2. The SMILES string of the molecule is CC(C)(C)OC(=O)N1CCC(C#N)(SC(N)=O)CC1. The van der Waals surface area contributed by atoms with Crippen LogP contribution in [0.25, 0.3) is 0 Å². The number of likely N-dealkylation sites (tertiary alicyclic amines) is 1. The normalized spacial score (nSPS) is 18.5. The lowest BCUT2D eigenvalue weighted by Gasteiger charge is -2.36. The fourth-order valence-corrected chi connectivity index (χ4v) is 2.62. The lowest BCUT2D eigenvalue weighted by Crippen LogP contribution is -2.46. The lowest BCUT2D eigenvalue weighted by molar-refractivity contribution is 0.0208. The van der Waals surface area contributed by atoms with Gasteiger partial charge in [0.25, 0.3) is 5.24 Å². The molecule has 1 fully saturated rings. The molecular weight excluding hydrogens is 266 g/mol. The lowest BCUT2D eigenvalue weighted by atomic mass is 9.97. The van der Waals surface area contributed by atoms with Gasteiger partial charge in [-0.15, -0.1) is 0 Å². The molecule has 1 aliphatic heterocycles. The topological polar surface area (TPSA) is 96.4 Å². The van der Waals surface area contributed by atoms with E-state index in [0.717, 1.165) is 11.8 Å². The van der Waals surface area contributed by atoms with E-state index < -0.39 is 15.6 Å². The van der Waals surface area contributed by atoms with Crippen LogP contribution in [0.1, 0.15) is 33.6 Å². The number of nitrogens with zero attached hydrogens (tertiary/aromatic N) is 2. The van der Waals surface area contributed by atoms with E-state index >= 15 is 0 Å². The predicted octanol–water partition coefficient (Wildman–Crippen LogP) is 2.09. The summed E-state index contributed by atoms with van der Waals surface area (Å²) in [5.41, 5.74) is 4.59. The van der Waals surface area contributed by atoms with Crippen LogP contribution in [0.3, 0.4) is 0 Å². The average Bonchev–Trinajstić information content (AvgIpc) is 2.26. The zero-order chi connectivity index (χ0) is 14.7. The van der Waals surface area contributed by atoms with E-state index in [1.807, 2.05) is 0 Å². The van der Waals surface area contributed by atoms with Crippen molar-refractivity contribution in [1.29, 1.82) is 5.26 Å². The Hall–Kier alpha value is -1.42. The van der Waals surface area contributed by atoms with Crippen molar-refractivity contribution in [2.45, 2.75) is 44.0 Å². The molecule has 2 amide bonds. The number of thioether (sulfide) groups is 1. The van der Waals surface area contributed by atoms with Crippen LogP contribution >= 0.6 is 11.8 Å². The number of piperidine rings is 1. The van der Waals surface area contributed by atoms with Crippen molar-refractivity contribution in [3.05, 3.63) is 0 Å². The van der Waals surface area contributed by atoms with E-state index in [4.69, 9.17) is 10.5 Å². The van der Waals surface area contributed by atoms with Crippen molar-refractivity contribution in [3.8, 4) is 6.07 Å². The summed E-state index contributed by atoms with van der Waals surface area (Å²) in [5, 5.41) is 8.63. The van der Waals surface area contributed by atoms with Crippen LogP contribution in [-0.2, 0) is 4.74 Å². The Kier molecular flexibility index (Phi) is 4.69. The number of nitrogens with two attached hydrogens (primary N) is 1. The van der Waals surface area contributed by atoms with Crippen LogP contribution in [0.5, 0.6) is 0 Å². The Balaban J connectivity index is 2.59. The first-order valence-electron chi connectivity index (χ1n) is 6.05. The summed E-state index contributed by atoms with van der Waals surface area (Å²) in [4.78, 5) is 24.4. The molecule has 2 N–H and O–H groups in total. The summed E-state index contributed by atoms with van der Waals surface area (Å²) in [6.45, 7) is 6.19. The first-order valence-corrected chi connectivity index (χ1v) is 6.87. The molecule has 1 aliphatic rings. The fraction of sp³-hybridized carbons (Fsp3) is 0.750. The average molecular weight is 285 g/mol. The van der Waals surface area contributed by atoms with Gasteiger partial charge in [0.15, 0.2) is 0 Å².